The first-order chi connectivity index (χ1) is 12.6. The summed E-state index contributed by atoms with van der Waals surface area (Å²) < 4.78 is 0. The third-order valence-corrected chi connectivity index (χ3v) is 5.61. The van der Waals surface area contributed by atoms with Crippen LogP contribution in [-0.4, -0.2) is 34.2 Å². The number of nitrogens with one attached hydrogen (secondary N) is 1. The van der Waals surface area contributed by atoms with Crippen LogP contribution in [0.25, 0.3) is 11.3 Å². The van der Waals surface area contributed by atoms with Crippen LogP contribution in [0.5, 0.6) is 0 Å². The second-order valence-corrected chi connectivity index (χ2v) is 7.51. The Morgan fingerprint density at radius 1 is 1.08 bits per heavy atom. The highest BCUT2D eigenvalue weighted by Crippen LogP contribution is 2.29. The van der Waals surface area contributed by atoms with E-state index in [0.29, 0.717) is 5.13 Å². The van der Waals surface area contributed by atoms with Gasteiger partial charge in [-0.05, 0) is 42.9 Å². The van der Waals surface area contributed by atoms with Crippen molar-refractivity contribution in [3.8, 4) is 11.3 Å². The molecule has 1 aromatic carbocycles. The molecule has 6 nitrogen and oxygen atoms in total. The molecular weight excluding hydrogens is 350 g/mol. The largest absolute Gasteiger partial charge is 0.300 e. The second-order valence-electron chi connectivity index (χ2n) is 6.65. The van der Waals surface area contributed by atoms with Gasteiger partial charge in [0.05, 0.1) is 5.69 Å². The predicted molar refractivity (Wildman–Crippen MR) is 98.8 cm³/mol. The number of carbonyl (C=O) groups excluding carboxylic acids is 3. The molecular formula is C19H19N3O3S. The van der Waals surface area contributed by atoms with Gasteiger partial charge in [0.25, 0.3) is 0 Å². The normalized spacial score (nSPS) is 16.7. The Labute approximate surface area is 155 Å². The number of anilines is 1. The molecule has 1 fully saturated rings. The van der Waals surface area contributed by atoms with Crippen molar-refractivity contribution in [2.24, 2.45) is 0 Å². The first-order valence-electron chi connectivity index (χ1n) is 8.81. The van der Waals surface area contributed by atoms with E-state index >= 15 is 0 Å². The minimum absolute atomic E-state index is 0.186. The van der Waals surface area contributed by atoms with Crippen molar-refractivity contribution < 1.29 is 14.4 Å². The molecule has 1 saturated heterocycles. The fourth-order valence-corrected chi connectivity index (χ4v) is 4.19. The van der Waals surface area contributed by atoms with Gasteiger partial charge in [0, 0.05) is 23.8 Å². The van der Waals surface area contributed by atoms with Crippen molar-refractivity contribution in [1.29, 1.82) is 0 Å². The molecule has 1 aliphatic carbocycles. The van der Waals surface area contributed by atoms with Crippen LogP contribution in [0.4, 0.5) is 5.13 Å². The van der Waals surface area contributed by atoms with Crippen molar-refractivity contribution in [2.75, 3.05) is 11.9 Å². The summed E-state index contributed by atoms with van der Waals surface area (Å²) in [7, 11) is 0. The molecule has 0 spiro atoms. The van der Waals surface area contributed by atoms with E-state index in [1.165, 1.54) is 35.3 Å². The standard InChI is InChI=1S/C19H19N3O3S/c23-16(10-22-17(24)7-8-18(22)25)21-19-20-15(11-26-19)14-6-5-12-3-1-2-4-13(12)9-14/h5-6,9,11H,1-4,7-8,10H2,(H,20,21,23). The van der Waals surface area contributed by atoms with Gasteiger partial charge in [-0.1, -0.05) is 12.1 Å². The van der Waals surface area contributed by atoms with Crippen LogP contribution in [0.3, 0.4) is 0 Å². The molecule has 4 rings (SSSR count). The molecule has 1 aromatic heterocycles. The van der Waals surface area contributed by atoms with Crippen LogP contribution in [0.1, 0.15) is 36.8 Å². The van der Waals surface area contributed by atoms with Crippen molar-refractivity contribution in [2.45, 2.75) is 38.5 Å². The van der Waals surface area contributed by atoms with Gasteiger partial charge in [-0.3, -0.25) is 19.3 Å². The Kier molecular flexibility index (Phi) is 4.55. The molecule has 134 valence electrons. The zero-order valence-electron chi connectivity index (χ0n) is 14.3. The van der Waals surface area contributed by atoms with Crippen LogP contribution >= 0.6 is 11.3 Å². The van der Waals surface area contributed by atoms with E-state index in [4.69, 9.17) is 0 Å². The van der Waals surface area contributed by atoms with Crippen LogP contribution in [0.15, 0.2) is 23.6 Å². The summed E-state index contributed by atoms with van der Waals surface area (Å²) >= 11 is 1.34. The van der Waals surface area contributed by atoms with Gasteiger partial charge in [-0.25, -0.2) is 4.98 Å². The molecule has 0 saturated carbocycles. The van der Waals surface area contributed by atoms with Gasteiger partial charge in [0.1, 0.15) is 6.54 Å². The minimum Gasteiger partial charge on any atom is -0.300 e. The lowest BCUT2D eigenvalue weighted by atomic mass is 9.90. The van der Waals surface area contributed by atoms with Crippen molar-refractivity contribution in [3.63, 3.8) is 0 Å². The van der Waals surface area contributed by atoms with Crippen molar-refractivity contribution >= 4 is 34.2 Å². The number of imide groups is 1. The lowest BCUT2D eigenvalue weighted by Gasteiger charge is -2.16. The summed E-state index contributed by atoms with van der Waals surface area (Å²) in [6.45, 7) is -0.245. The average Bonchev–Trinajstić information content (AvgIpc) is 3.23. The third kappa shape index (κ3) is 3.39. The number of nitrogens with zero attached hydrogens (tertiary/aromatic N) is 2. The molecule has 2 aliphatic rings. The highest BCUT2D eigenvalue weighted by atomic mass is 32.1. The first-order valence-corrected chi connectivity index (χ1v) is 9.69. The lowest BCUT2D eigenvalue weighted by Crippen LogP contribution is -2.36. The van der Waals surface area contributed by atoms with E-state index in [1.807, 2.05) is 5.38 Å². The van der Waals surface area contributed by atoms with Gasteiger partial charge in [0.15, 0.2) is 5.13 Å². The fraction of sp³-hybridized carbons (Fsp3) is 0.368. The predicted octanol–water partition coefficient (Wildman–Crippen LogP) is 2.78. The highest BCUT2D eigenvalue weighted by Gasteiger charge is 2.30. The van der Waals surface area contributed by atoms with Crippen LogP contribution in [0, 0.1) is 0 Å². The van der Waals surface area contributed by atoms with Crippen molar-refractivity contribution in [3.05, 3.63) is 34.7 Å². The molecule has 1 aliphatic heterocycles. The summed E-state index contributed by atoms with van der Waals surface area (Å²) in [5.74, 6) is -0.988. The molecule has 1 N–H and O–H groups in total. The van der Waals surface area contributed by atoms with Gasteiger partial charge in [-0.15, -0.1) is 11.3 Å². The number of likely N-dealkylation sites (tertiary alicyclic amines) is 1. The monoisotopic (exact) mass is 369 g/mol. The lowest BCUT2D eigenvalue weighted by molar-refractivity contribution is -0.141. The number of hydrogen-bond donors (Lipinski definition) is 1. The van der Waals surface area contributed by atoms with E-state index in [2.05, 4.69) is 28.5 Å². The number of hydrogen-bond acceptors (Lipinski definition) is 5. The zero-order chi connectivity index (χ0) is 18.1. The highest BCUT2D eigenvalue weighted by molar-refractivity contribution is 7.14. The summed E-state index contributed by atoms with van der Waals surface area (Å²) in [6, 6.07) is 6.44. The Bertz CT molecular complexity index is 874. The smallest absolute Gasteiger partial charge is 0.246 e. The number of fused-ring (bicyclic) bond motifs is 1. The zero-order valence-corrected chi connectivity index (χ0v) is 15.1. The molecule has 3 amide bonds. The van der Waals surface area contributed by atoms with Crippen molar-refractivity contribution in [1.82, 2.24) is 9.88 Å². The number of aryl methyl sites for hydroxylation is 2. The number of benzene rings is 1. The number of amides is 3. The molecule has 2 heterocycles. The summed E-state index contributed by atoms with van der Waals surface area (Å²) in [6.07, 6.45) is 5.10. The minimum atomic E-state index is -0.403. The van der Waals surface area contributed by atoms with E-state index in [9.17, 15) is 14.4 Å². The Balaban J connectivity index is 1.44. The SMILES string of the molecule is O=C(CN1C(=O)CCC1=O)Nc1nc(-c2ccc3c(c2)CCCC3)cs1. The van der Waals surface area contributed by atoms with E-state index in [1.54, 1.807) is 0 Å². The summed E-state index contributed by atoms with van der Waals surface area (Å²) in [5.41, 5.74) is 4.68. The topological polar surface area (TPSA) is 79.4 Å². The maximum atomic E-state index is 12.1. The molecule has 0 radical (unpaired) electrons. The molecule has 0 unspecified atom stereocenters. The maximum absolute atomic E-state index is 12.1. The Morgan fingerprint density at radius 3 is 2.58 bits per heavy atom. The quantitative estimate of drug-likeness (QED) is 0.841. The van der Waals surface area contributed by atoms with Gasteiger partial charge in [-0.2, -0.15) is 0 Å². The van der Waals surface area contributed by atoms with Gasteiger partial charge in [0.2, 0.25) is 17.7 Å². The van der Waals surface area contributed by atoms with Crippen LogP contribution < -0.4 is 5.32 Å². The first kappa shape index (κ1) is 16.9. The van der Waals surface area contributed by atoms with Crippen LogP contribution in [-0.2, 0) is 27.2 Å². The Hall–Kier alpha value is -2.54. The average molecular weight is 369 g/mol. The van der Waals surface area contributed by atoms with E-state index < -0.39 is 5.91 Å². The van der Waals surface area contributed by atoms with Crippen LogP contribution in [0.2, 0.25) is 0 Å². The van der Waals surface area contributed by atoms with E-state index in [-0.39, 0.29) is 31.2 Å². The molecule has 0 bridgehead atoms. The molecule has 0 atom stereocenters. The Morgan fingerprint density at radius 2 is 1.81 bits per heavy atom. The molecule has 26 heavy (non-hydrogen) atoms. The summed E-state index contributed by atoms with van der Waals surface area (Å²) in [5, 5.41) is 5.07. The maximum Gasteiger partial charge on any atom is 0.246 e. The summed E-state index contributed by atoms with van der Waals surface area (Å²) in [4.78, 5) is 40.8. The molecule has 2 aromatic rings. The number of carbonyl (C=O) groups is 3. The van der Waals surface area contributed by atoms with Gasteiger partial charge < -0.3 is 5.32 Å². The number of aromatic nitrogens is 1. The molecule has 7 heteroatoms. The van der Waals surface area contributed by atoms with Gasteiger partial charge >= 0.3 is 0 Å². The number of rotatable bonds is 4. The third-order valence-electron chi connectivity index (χ3n) is 4.85. The van der Waals surface area contributed by atoms with E-state index in [0.717, 1.165) is 29.0 Å². The fourth-order valence-electron chi connectivity index (χ4n) is 3.46. The number of thiazole rings is 1. The second kappa shape index (κ2) is 6.99.